The van der Waals surface area contributed by atoms with E-state index >= 15 is 0 Å². The van der Waals surface area contributed by atoms with Crippen LogP contribution in [-0.2, 0) is 21.4 Å². The van der Waals surface area contributed by atoms with Crippen molar-refractivity contribution in [2.75, 3.05) is 44.4 Å². The Morgan fingerprint density at radius 3 is 2.04 bits per heavy atom. The number of pyridine rings is 1. The third-order valence-corrected chi connectivity index (χ3v) is 7.09. The number of hydrogen-bond acceptors (Lipinski definition) is 7. The van der Waals surface area contributed by atoms with Crippen molar-refractivity contribution in [3.63, 3.8) is 0 Å². The molecule has 13 heteroatoms. The summed E-state index contributed by atoms with van der Waals surface area (Å²) < 4.78 is 7.40. The number of rotatable bonds is 12. The second-order valence-corrected chi connectivity index (χ2v) is 11.7. The van der Waals surface area contributed by atoms with E-state index in [-0.39, 0.29) is 24.1 Å². The molecule has 260 valence electrons. The van der Waals surface area contributed by atoms with E-state index in [1.54, 1.807) is 65.5 Å². The third-order valence-electron chi connectivity index (χ3n) is 7.09. The Balaban J connectivity index is 0.00000319. The quantitative estimate of drug-likeness (QED) is 0.169. The minimum Gasteiger partial charge on any atom is -0.493 e. The van der Waals surface area contributed by atoms with Crippen LogP contribution in [0.2, 0.25) is 0 Å². The molecule has 4 N–H and O–H groups in total. The Morgan fingerprint density at radius 2 is 1.49 bits per heavy atom. The summed E-state index contributed by atoms with van der Waals surface area (Å²) >= 11 is 0. The number of urea groups is 1. The van der Waals surface area contributed by atoms with Crippen LogP contribution in [0.3, 0.4) is 0 Å². The van der Waals surface area contributed by atoms with Gasteiger partial charge >= 0.3 is 6.03 Å². The molecule has 5 amide bonds. The van der Waals surface area contributed by atoms with E-state index in [1.807, 2.05) is 52.9 Å². The number of benzene rings is 2. The first-order chi connectivity index (χ1) is 23.5. The lowest BCUT2D eigenvalue weighted by Crippen LogP contribution is -2.44. The van der Waals surface area contributed by atoms with Gasteiger partial charge < -0.3 is 25.6 Å². The van der Waals surface area contributed by atoms with Gasteiger partial charge in [-0.2, -0.15) is 5.10 Å². The average molecular weight is 671 g/mol. The molecule has 2 aromatic carbocycles. The molecule has 2 aromatic heterocycles. The maximum atomic E-state index is 13.2. The Kier molecular flexibility index (Phi) is 13.9. The summed E-state index contributed by atoms with van der Waals surface area (Å²) in [5, 5.41) is 15.4. The molecule has 13 nitrogen and oxygen atoms in total. The molecule has 0 atom stereocenters. The minimum absolute atomic E-state index is 0.274. The number of likely N-dealkylation sites (N-methyl/N-ethyl adjacent to an activating group) is 2. The van der Waals surface area contributed by atoms with Crippen LogP contribution in [0.5, 0.6) is 5.75 Å². The Bertz CT molecular complexity index is 1660. The molecule has 0 bridgehead atoms. The normalized spacial score (nSPS) is 10.6. The highest BCUT2D eigenvalue weighted by Crippen LogP contribution is 2.27. The molecule has 0 saturated carbocycles. The van der Waals surface area contributed by atoms with E-state index in [4.69, 9.17) is 9.84 Å². The predicted octanol–water partition coefficient (Wildman–Crippen LogP) is 4.79. The number of nitrogens with one attached hydrogen (secondary N) is 4. The lowest BCUT2D eigenvalue weighted by Gasteiger charge is -2.21. The molecule has 4 rings (SSSR count). The first-order valence-electron chi connectivity index (χ1n) is 16.1. The second kappa shape index (κ2) is 18.0. The fourth-order valence-corrected chi connectivity index (χ4v) is 4.41. The van der Waals surface area contributed by atoms with Gasteiger partial charge in [-0.05, 0) is 60.2 Å². The number of carbonyl (C=O) groups excluding carboxylic acids is 4. The van der Waals surface area contributed by atoms with E-state index in [0.717, 1.165) is 22.6 Å². The Hall–Kier alpha value is -5.72. The summed E-state index contributed by atoms with van der Waals surface area (Å²) in [5.41, 5.74) is 2.95. The molecule has 0 unspecified atom stereocenters. The minimum atomic E-state index is -0.484. The lowest BCUT2D eigenvalue weighted by molar-refractivity contribution is -0.123. The highest BCUT2D eigenvalue weighted by molar-refractivity contribution is 6.00. The second-order valence-electron chi connectivity index (χ2n) is 11.7. The summed E-state index contributed by atoms with van der Waals surface area (Å²) in [4.78, 5) is 55.5. The van der Waals surface area contributed by atoms with Gasteiger partial charge in [0.15, 0.2) is 0 Å². The van der Waals surface area contributed by atoms with Crippen LogP contribution in [0.25, 0.3) is 5.69 Å². The Labute approximate surface area is 287 Å². The van der Waals surface area contributed by atoms with Crippen LogP contribution in [-0.4, -0.2) is 77.2 Å². The van der Waals surface area contributed by atoms with Crippen LogP contribution in [0.15, 0.2) is 79.1 Å². The lowest BCUT2D eigenvalue weighted by atomic mass is 9.92. The molecule has 0 aliphatic carbocycles. The van der Waals surface area contributed by atoms with Gasteiger partial charge in [-0.25, -0.2) is 9.48 Å². The number of nitrogens with zero attached hydrogens (tertiary/aromatic N) is 4. The predicted molar refractivity (Wildman–Crippen MR) is 190 cm³/mol. The van der Waals surface area contributed by atoms with Gasteiger partial charge in [0.1, 0.15) is 24.7 Å². The maximum absolute atomic E-state index is 13.2. The zero-order valence-electron chi connectivity index (χ0n) is 29.2. The third kappa shape index (κ3) is 11.2. The fourth-order valence-electron chi connectivity index (χ4n) is 4.41. The molecule has 0 aliphatic heterocycles. The van der Waals surface area contributed by atoms with Crippen molar-refractivity contribution in [3.05, 3.63) is 95.9 Å². The first kappa shape index (κ1) is 37.7. The van der Waals surface area contributed by atoms with Gasteiger partial charge in [-0.15, -0.1) is 0 Å². The van der Waals surface area contributed by atoms with E-state index < -0.39 is 23.8 Å². The zero-order valence-corrected chi connectivity index (χ0v) is 29.2. The van der Waals surface area contributed by atoms with Gasteiger partial charge in [-0.3, -0.25) is 24.7 Å². The van der Waals surface area contributed by atoms with Crippen molar-refractivity contribution < 1.29 is 23.9 Å². The molecular weight excluding hydrogens is 624 g/mol. The van der Waals surface area contributed by atoms with Gasteiger partial charge in [-0.1, -0.05) is 40.7 Å². The summed E-state index contributed by atoms with van der Waals surface area (Å²) in [6, 6.07) is 18.8. The van der Waals surface area contributed by atoms with E-state index in [0.29, 0.717) is 29.5 Å². The molecule has 2 heterocycles. The molecule has 49 heavy (non-hydrogen) atoms. The molecule has 4 aromatic rings. The maximum Gasteiger partial charge on any atom is 0.324 e. The number of carbonyl (C=O) groups is 4. The number of aromatic nitrogens is 3. The molecule has 0 aliphatic rings. The van der Waals surface area contributed by atoms with E-state index in [2.05, 4.69) is 26.3 Å². The van der Waals surface area contributed by atoms with Crippen molar-refractivity contribution in [1.29, 1.82) is 0 Å². The average Bonchev–Trinajstić information content (AvgIpc) is 3.54. The van der Waals surface area contributed by atoms with Crippen molar-refractivity contribution in [1.82, 2.24) is 30.3 Å². The van der Waals surface area contributed by atoms with E-state index in [1.165, 1.54) is 14.1 Å². The van der Waals surface area contributed by atoms with Crippen LogP contribution in [0.1, 0.15) is 56.2 Å². The summed E-state index contributed by atoms with van der Waals surface area (Å²) in [6.07, 6.45) is 4.27. The number of amides is 5. The van der Waals surface area contributed by atoms with E-state index in [9.17, 15) is 19.2 Å². The topological polar surface area (TPSA) is 160 Å². The highest BCUT2D eigenvalue weighted by atomic mass is 16.5. The highest BCUT2D eigenvalue weighted by Gasteiger charge is 2.23. The molecule has 0 saturated heterocycles. The van der Waals surface area contributed by atoms with Gasteiger partial charge in [0, 0.05) is 55.6 Å². The van der Waals surface area contributed by atoms with Crippen molar-refractivity contribution in [2.45, 2.75) is 46.5 Å². The van der Waals surface area contributed by atoms with Crippen molar-refractivity contribution in [3.8, 4) is 11.4 Å². The van der Waals surface area contributed by atoms with Crippen molar-refractivity contribution >= 4 is 35.3 Å². The van der Waals surface area contributed by atoms with Gasteiger partial charge in [0.05, 0.1) is 18.0 Å². The summed E-state index contributed by atoms with van der Waals surface area (Å²) in [6.45, 7) is 9.99. The standard InChI is InChI=1S/C34H40N8O5.C2H6/c1-34(2,3)28-19-29(39-33(46)38-25-10-14-27(15-11-25)47-18-16-23-7-6-17-37-20-23)42(40-28)26-12-8-24(9-13-26)32(45)41(21-30(43)35-4)22-31(44)36-5;1-2/h6-15,17,19-20H,16,18,21-22H2,1-5H3,(H,35,43)(H,36,44)(H2,38,39,46);1-2H3. The zero-order chi connectivity index (χ0) is 36.0. The fraction of sp³-hybridized carbons (Fsp3) is 0.333. The van der Waals surface area contributed by atoms with Crippen molar-refractivity contribution in [2.24, 2.45) is 0 Å². The Morgan fingerprint density at radius 1 is 0.857 bits per heavy atom. The van der Waals surface area contributed by atoms with Crippen LogP contribution >= 0.6 is 0 Å². The SMILES string of the molecule is CC.CNC(=O)CN(CC(=O)NC)C(=O)c1ccc(-n2nc(C(C)(C)C)cc2NC(=O)Nc2ccc(OCCc3cccnc3)cc2)cc1. The molecule has 0 fully saturated rings. The van der Waals surface area contributed by atoms with Crippen LogP contribution < -0.4 is 26.0 Å². The summed E-state index contributed by atoms with van der Waals surface area (Å²) in [7, 11) is 2.92. The number of hydrogen-bond donors (Lipinski definition) is 4. The number of ether oxygens (including phenoxy) is 1. The molecular formula is C36H46N8O5. The van der Waals surface area contributed by atoms with Gasteiger partial charge in [0.2, 0.25) is 11.8 Å². The number of anilines is 2. The monoisotopic (exact) mass is 670 g/mol. The summed E-state index contributed by atoms with van der Waals surface area (Å²) in [5.74, 6) is -0.189. The smallest absolute Gasteiger partial charge is 0.324 e. The van der Waals surface area contributed by atoms with Gasteiger partial charge in [0.25, 0.3) is 5.91 Å². The van der Waals surface area contributed by atoms with Crippen LogP contribution in [0.4, 0.5) is 16.3 Å². The first-order valence-corrected chi connectivity index (χ1v) is 16.1. The van der Waals surface area contributed by atoms with Crippen LogP contribution in [0, 0.1) is 0 Å². The largest absolute Gasteiger partial charge is 0.493 e. The molecule has 0 radical (unpaired) electrons. The molecule has 0 spiro atoms.